The second kappa shape index (κ2) is 9.63. The first-order valence-electron chi connectivity index (χ1n) is 7.64. The van der Waals surface area contributed by atoms with E-state index in [-0.39, 0.29) is 18.3 Å². The van der Waals surface area contributed by atoms with Crippen LogP contribution in [0.2, 0.25) is 0 Å². The molecular formula is C17H29ClN2O3. The molecular weight excluding hydrogens is 316 g/mol. The topological polar surface area (TPSA) is 64.8 Å². The van der Waals surface area contributed by atoms with E-state index in [0.29, 0.717) is 18.8 Å². The molecule has 1 aromatic rings. The Balaban J connectivity index is 0.00000484. The van der Waals surface area contributed by atoms with Crippen LogP contribution < -0.4 is 15.2 Å². The van der Waals surface area contributed by atoms with E-state index in [1.807, 2.05) is 39.1 Å². The molecule has 0 heterocycles. The number of carbonyl (C=O) groups is 1. The van der Waals surface area contributed by atoms with Crippen LogP contribution in [0, 0.1) is 5.41 Å². The lowest BCUT2D eigenvalue weighted by atomic mass is 9.81. The van der Waals surface area contributed by atoms with Gasteiger partial charge < -0.3 is 20.1 Å². The highest BCUT2D eigenvalue weighted by molar-refractivity contribution is 5.85. The van der Waals surface area contributed by atoms with Crippen molar-refractivity contribution < 1.29 is 14.3 Å². The highest BCUT2D eigenvalue weighted by Gasteiger charge is 2.35. The average molecular weight is 345 g/mol. The molecule has 0 spiro atoms. The van der Waals surface area contributed by atoms with Crippen molar-refractivity contribution in [3.8, 4) is 11.5 Å². The standard InChI is InChI=1S/C17H28N2O3.ClH/c1-6-17(7-2,12-18)16(20)19(3)11-13-8-9-14(21-4)10-15(13)22-5;/h8-10H,6-7,11-12,18H2,1-5H3;1H. The number of rotatable bonds is 8. The zero-order valence-corrected chi connectivity index (χ0v) is 15.5. The molecule has 1 aromatic carbocycles. The third kappa shape index (κ3) is 4.75. The quantitative estimate of drug-likeness (QED) is 0.787. The fourth-order valence-corrected chi connectivity index (χ4v) is 2.64. The summed E-state index contributed by atoms with van der Waals surface area (Å²) in [4.78, 5) is 14.5. The summed E-state index contributed by atoms with van der Waals surface area (Å²) < 4.78 is 10.6. The van der Waals surface area contributed by atoms with Crippen molar-refractivity contribution in [2.24, 2.45) is 11.1 Å². The summed E-state index contributed by atoms with van der Waals surface area (Å²) >= 11 is 0. The first-order valence-corrected chi connectivity index (χ1v) is 7.64. The van der Waals surface area contributed by atoms with Crippen molar-refractivity contribution in [3.63, 3.8) is 0 Å². The van der Waals surface area contributed by atoms with Gasteiger partial charge in [-0.2, -0.15) is 0 Å². The van der Waals surface area contributed by atoms with Crippen LogP contribution in [0.25, 0.3) is 0 Å². The van der Waals surface area contributed by atoms with E-state index < -0.39 is 5.41 Å². The molecule has 0 aromatic heterocycles. The third-order valence-electron chi connectivity index (χ3n) is 4.45. The van der Waals surface area contributed by atoms with Gasteiger partial charge in [0.1, 0.15) is 11.5 Å². The van der Waals surface area contributed by atoms with Crippen LogP contribution in [0.3, 0.4) is 0 Å². The molecule has 5 nitrogen and oxygen atoms in total. The summed E-state index contributed by atoms with van der Waals surface area (Å²) in [7, 11) is 5.03. The van der Waals surface area contributed by atoms with Gasteiger partial charge in [0.2, 0.25) is 5.91 Å². The predicted octanol–water partition coefficient (Wildman–Crippen LogP) is 2.85. The Labute approximate surface area is 145 Å². The summed E-state index contributed by atoms with van der Waals surface area (Å²) in [5, 5.41) is 0. The summed E-state index contributed by atoms with van der Waals surface area (Å²) in [6, 6.07) is 5.61. The predicted molar refractivity (Wildman–Crippen MR) is 95.3 cm³/mol. The van der Waals surface area contributed by atoms with E-state index in [2.05, 4.69) is 0 Å². The van der Waals surface area contributed by atoms with Crippen LogP contribution in [-0.4, -0.2) is 38.6 Å². The Morgan fingerprint density at radius 2 is 1.83 bits per heavy atom. The Hall–Kier alpha value is -1.46. The largest absolute Gasteiger partial charge is 0.497 e. The number of nitrogens with zero attached hydrogens (tertiary/aromatic N) is 1. The zero-order valence-electron chi connectivity index (χ0n) is 14.7. The van der Waals surface area contributed by atoms with Crippen molar-refractivity contribution in [2.75, 3.05) is 27.8 Å². The second-order valence-corrected chi connectivity index (χ2v) is 5.53. The highest BCUT2D eigenvalue weighted by Crippen LogP contribution is 2.30. The summed E-state index contributed by atoms with van der Waals surface area (Å²) in [6.45, 7) is 4.86. The molecule has 0 saturated heterocycles. The monoisotopic (exact) mass is 344 g/mol. The molecule has 0 bridgehead atoms. The fourth-order valence-electron chi connectivity index (χ4n) is 2.64. The van der Waals surface area contributed by atoms with Gasteiger partial charge in [-0.3, -0.25) is 4.79 Å². The van der Waals surface area contributed by atoms with Crippen molar-refractivity contribution in [1.82, 2.24) is 4.90 Å². The Bertz CT molecular complexity index is 496. The molecule has 1 rings (SSSR count). The number of nitrogens with two attached hydrogens (primary N) is 1. The smallest absolute Gasteiger partial charge is 0.230 e. The molecule has 2 N–H and O–H groups in total. The molecule has 132 valence electrons. The fraction of sp³-hybridized carbons (Fsp3) is 0.588. The maximum absolute atomic E-state index is 12.8. The number of methoxy groups -OCH3 is 2. The van der Waals surface area contributed by atoms with Crippen LogP contribution in [0.4, 0.5) is 0 Å². The van der Waals surface area contributed by atoms with Crippen molar-refractivity contribution in [1.29, 1.82) is 0 Å². The van der Waals surface area contributed by atoms with Crippen LogP contribution >= 0.6 is 12.4 Å². The van der Waals surface area contributed by atoms with Gasteiger partial charge in [-0.1, -0.05) is 13.8 Å². The van der Waals surface area contributed by atoms with Crippen LogP contribution in [-0.2, 0) is 11.3 Å². The first kappa shape index (κ1) is 21.5. The molecule has 6 heteroatoms. The maximum atomic E-state index is 12.8. The van der Waals surface area contributed by atoms with Crippen molar-refractivity contribution >= 4 is 18.3 Å². The van der Waals surface area contributed by atoms with Gasteiger partial charge in [-0.05, 0) is 25.0 Å². The van der Waals surface area contributed by atoms with Crippen LogP contribution in [0.1, 0.15) is 32.3 Å². The minimum Gasteiger partial charge on any atom is -0.497 e. The van der Waals surface area contributed by atoms with E-state index in [1.54, 1.807) is 19.1 Å². The molecule has 1 amide bonds. The van der Waals surface area contributed by atoms with E-state index in [0.717, 1.165) is 24.2 Å². The molecule has 23 heavy (non-hydrogen) atoms. The van der Waals surface area contributed by atoms with Gasteiger partial charge >= 0.3 is 0 Å². The van der Waals surface area contributed by atoms with Crippen LogP contribution in [0.5, 0.6) is 11.5 Å². The van der Waals surface area contributed by atoms with Gasteiger partial charge in [-0.15, -0.1) is 12.4 Å². The van der Waals surface area contributed by atoms with Gasteiger partial charge in [0.25, 0.3) is 0 Å². The molecule has 0 aliphatic rings. The van der Waals surface area contributed by atoms with E-state index >= 15 is 0 Å². The Kier molecular flexibility index (Phi) is 9.02. The maximum Gasteiger partial charge on any atom is 0.230 e. The summed E-state index contributed by atoms with van der Waals surface area (Å²) in [5.74, 6) is 1.52. The van der Waals surface area contributed by atoms with Gasteiger partial charge in [-0.25, -0.2) is 0 Å². The number of carbonyl (C=O) groups excluding carboxylic acids is 1. The number of hydrogen-bond donors (Lipinski definition) is 1. The highest BCUT2D eigenvalue weighted by atomic mass is 35.5. The summed E-state index contributed by atoms with van der Waals surface area (Å²) in [5.41, 5.74) is 6.33. The lowest BCUT2D eigenvalue weighted by Gasteiger charge is -2.33. The minimum absolute atomic E-state index is 0. The van der Waals surface area contributed by atoms with Crippen LogP contribution in [0.15, 0.2) is 18.2 Å². The molecule has 0 fully saturated rings. The van der Waals surface area contributed by atoms with E-state index in [1.165, 1.54) is 0 Å². The van der Waals surface area contributed by atoms with E-state index in [4.69, 9.17) is 15.2 Å². The number of ether oxygens (including phenoxy) is 2. The summed E-state index contributed by atoms with van der Waals surface area (Å²) in [6.07, 6.45) is 1.48. The lowest BCUT2D eigenvalue weighted by molar-refractivity contribution is -0.141. The molecule has 0 saturated carbocycles. The third-order valence-corrected chi connectivity index (χ3v) is 4.45. The minimum atomic E-state index is -0.478. The number of amides is 1. The number of halogens is 1. The average Bonchev–Trinajstić information content (AvgIpc) is 2.57. The Morgan fingerprint density at radius 3 is 2.26 bits per heavy atom. The van der Waals surface area contributed by atoms with Crippen molar-refractivity contribution in [2.45, 2.75) is 33.2 Å². The van der Waals surface area contributed by atoms with Gasteiger partial charge in [0.05, 0.1) is 19.6 Å². The van der Waals surface area contributed by atoms with Gasteiger partial charge in [0.15, 0.2) is 0 Å². The Morgan fingerprint density at radius 1 is 1.22 bits per heavy atom. The molecule has 0 aliphatic carbocycles. The number of benzene rings is 1. The SMILES string of the molecule is CCC(CC)(CN)C(=O)N(C)Cc1ccc(OC)cc1OC.Cl. The molecule has 0 unspecified atom stereocenters. The lowest BCUT2D eigenvalue weighted by Crippen LogP contribution is -2.45. The van der Waals surface area contributed by atoms with Crippen molar-refractivity contribution in [3.05, 3.63) is 23.8 Å². The first-order chi connectivity index (χ1) is 10.5. The molecule has 0 atom stereocenters. The van der Waals surface area contributed by atoms with E-state index in [9.17, 15) is 4.79 Å². The molecule has 0 radical (unpaired) electrons. The number of hydrogen-bond acceptors (Lipinski definition) is 4. The zero-order chi connectivity index (χ0) is 16.8. The van der Waals surface area contributed by atoms with Gasteiger partial charge in [0, 0.05) is 31.8 Å². The molecule has 0 aliphatic heterocycles. The second-order valence-electron chi connectivity index (χ2n) is 5.53. The normalized spacial score (nSPS) is 10.7.